The summed E-state index contributed by atoms with van der Waals surface area (Å²) in [6.45, 7) is 1.74. The smallest absolute Gasteiger partial charge is 0.121 e. The van der Waals surface area contributed by atoms with E-state index >= 15 is 0 Å². The maximum absolute atomic E-state index is 10.6. The van der Waals surface area contributed by atoms with Gasteiger partial charge in [-0.25, -0.2) is 0 Å². The monoisotopic (exact) mass is 353 g/mol. The molecule has 128 valence electrons. The molecule has 0 aliphatic carbocycles. The van der Waals surface area contributed by atoms with Gasteiger partial charge in [-0.2, -0.15) is 0 Å². The second-order valence-corrected chi connectivity index (χ2v) is 7.12. The standard InChI is InChI=1S/C20H20ClN3O/c1-23-11-14(8-19(25)13-4-3-7-22-10-13)20-17(12-23)16-9-15(21)5-6-18(16)24(20)2/h3-10,14,25H,11-12H2,1-2H3/b19-8-. The summed E-state index contributed by atoms with van der Waals surface area (Å²) >= 11 is 6.23. The fourth-order valence-corrected chi connectivity index (χ4v) is 4.01. The Kier molecular flexibility index (Phi) is 4.02. The molecular weight excluding hydrogens is 334 g/mol. The van der Waals surface area contributed by atoms with E-state index in [-0.39, 0.29) is 11.7 Å². The highest BCUT2D eigenvalue weighted by atomic mass is 35.5. The van der Waals surface area contributed by atoms with Crippen LogP contribution in [0.2, 0.25) is 5.02 Å². The van der Waals surface area contributed by atoms with Crippen molar-refractivity contribution >= 4 is 28.3 Å². The molecular formula is C20H20ClN3O. The number of aliphatic hydroxyl groups is 1. The third kappa shape index (κ3) is 2.81. The van der Waals surface area contributed by atoms with Crippen LogP contribution in [-0.4, -0.2) is 33.1 Å². The molecule has 4 rings (SSSR count). The van der Waals surface area contributed by atoms with Crippen LogP contribution in [-0.2, 0) is 13.6 Å². The van der Waals surface area contributed by atoms with Gasteiger partial charge in [0, 0.05) is 65.6 Å². The van der Waals surface area contributed by atoms with Gasteiger partial charge in [0.1, 0.15) is 5.76 Å². The Bertz CT molecular complexity index is 962. The normalized spacial score (nSPS) is 18.5. The molecule has 4 nitrogen and oxygen atoms in total. The molecule has 0 saturated heterocycles. The van der Waals surface area contributed by atoms with Crippen molar-refractivity contribution in [1.82, 2.24) is 14.5 Å². The van der Waals surface area contributed by atoms with E-state index in [0.717, 1.165) is 23.7 Å². The number of halogens is 1. The molecule has 0 bridgehead atoms. The number of likely N-dealkylation sites (N-methyl/N-ethyl adjacent to an activating group) is 1. The van der Waals surface area contributed by atoms with E-state index in [4.69, 9.17) is 11.6 Å². The van der Waals surface area contributed by atoms with Gasteiger partial charge in [-0.05, 0) is 49.0 Å². The maximum atomic E-state index is 10.6. The lowest BCUT2D eigenvalue weighted by Crippen LogP contribution is -2.30. The van der Waals surface area contributed by atoms with Crippen molar-refractivity contribution in [3.05, 3.63) is 70.6 Å². The van der Waals surface area contributed by atoms with E-state index < -0.39 is 0 Å². The van der Waals surface area contributed by atoms with E-state index in [1.807, 2.05) is 30.3 Å². The van der Waals surface area contributed by atoms with Gasteiger partial charge >= 0.3 is 0 Å². The Morgan fingerprint density at radius 2 is 2.16 bits per heavy atom. The van der Waals surface area contributed by atoms with Crippen molar-refractivity contribution in [3.63, 3.8) is 0 Å². The predicted octanol–water partition coefficient (Wildman–Crippen LogP) is 4.35. The summed E-state index contributed by atoms with van der Waals surface area (Å²) in [5.74, 6) is 0.368. The average molecular weight is 354 g/mol. The van der Waals surface area contributed by atoms with Gasteiger partial charge in [-0.15, -0.1) is 0 Å². The van der Waals surface area contributed by atoms with Gasteiger partial charge in [0.05, 0.1) is 0 Å². The fourth-order valence-electron chi connectivity index (χ4n) is 3.84. The van der Waals surface area contributed by atoms with Crippen molar-refractivity contribution in [1.29, 1.82) is 0 Å². The van der Waals surface area contributed by atoms with Crippen LogP contribution in [0.15, 0.2) is 48.8 Å². The van der Waals surface area contributed by atoms with Crippen molar-refractivity contribution < 1.29 is 5.11 Å². The number of hydrogen-bond donors (Lipinski definition) is 1. The Morgan fingerprint density at radius 3 is 2.92 bits per heavy atom. The van der Waals surface area contributed by atoms with E-state index in [1.54, 1.807) is 12.4 Å². The number of hydrogen-bond acceptors (Lipinski definition) is 3. The number of fused-ring (bicyclic) bond motifs is 3. The lowest BCUT2D eigenvalue weighted by molar-refractivity contribution is 0.294. The topological polar surface area (TPSA) is 41.3 Å². The average Bonchev–Trinajstić information content (AvgIpc) is 2.87. The first-order valence-electron chi connectivity index (χ1n) is 8.31. The molecule has 0 spiro atoms. The highest BCUT2D eigenvalue weighted by Crippen LogP contribution is 2.37. The van der Waals surface area contributed by atoms with Gasteiger partial charge in [0.25, 0.3) is 0 Å². The van der Waals surface area contributed by atoms with Crippen LogP contribution < -0.4 is 0 Å². The zero-order valence-corrected chi connectivity index (χ0v) is 15.0. The Morgan fingerprint density at radius 1 is 1.32 bits per heavy atom. The number of aromatic nitrogens is 2. The molecule has 0 fully saturated rings. The van der Waals surface area contributed by atoms with Crippen molar-refractivity contribution in [2.45, 2.75) is 12.5 Å². The van der Waals surface area contributed by atoms with Gasteiger partial charge < -0.3 is 14.6 Å². The van der Waals surface area contributed by atoms with Gasteiger partial charge in [-0.3, -0.25) is 4.98 Å². The minimum Gasteiger partial charge on any atom is -0.508 e. The minimum atomic E-state index is 0.102. The molecule has 1 aliphatic heterocycles. The molecule has 2 aromatic heterocycles. The molecule has 3 aromatic rings. The number of nitrogens with zero attached hydrogens (tertiary/aromatic N) is 3. The fraction of sp³-hybridized carbons (Fsp3) is 0.250. The molecule has 25 heavy (non-hydrogen) atoms. The second-order valence-electron chi connectivity index (χ2n) is 6.68. The van der Waals surface area contributed by atoms with Crippen LogP contribution in [0, 0.1) is 0 Å². The zero-order valence-electron chi connectivity index (χ0n) is 14.3. The quantitative estimate of drug-likeness (QED) is 0.696. The molecule has 1 unspecified atom stereocenters. The van der Waals surface area contributed by atoms with Crippen LogP contribution >= 0.6 is 11.6 Å². The van der Waals surface area contributed by atoms with Crippen molar-refractivity contribution in [3.8, 4) is 0 Å². The first-order chi connectivity index (χ1) is 12.0. The number of rotatable bonds is 2. The van der Waals surface area contributed by atoms with Crippen LogP contribution in [0.1, 0.15) is 22.7 Å². The Balaban J connectivity index is 1.86. The SMILES string of the molecule is CN1Cc2c(n(C)c3ccc(Cl)cc23)C(/C=C(\O)c2cccnc2)C1. The Hall–Kier alpha value is -2.30. The van der Waals surface area contributed by atoms with Crippen molar-refractivity contribution in [2.75, 3.05) is 13.6 Å². The molecule has 0 saturated carbocycles. The maximum Gasteiger partial charge on any atom is 0.121 e. The molecule has 1 atom stereocenters. The lowest BCUT2D eigenvalue weighted by Gasteiger charge is -2.30. The lowest BCUT2D eigenvalue weighted by atomic mass is 9.93. The summed E-state index contributed by atoms with van der Waals surface area (Å²) < 4.78 is 2.23. The summed E-state index contributed by atoms with van der Waals surface area (Å²) in [6, 6.07) is 9.73. The number of pyridine rings is 1. The second kappa shape index (κ2) is 6.21. The molecule has 1 N–H and O–H groups in total. The minimum absolute atomic E-state index is 0.102. The van der Waals surface area contributed by atoms with Crippen molar-refractivity contribution in [2.24, 2.45) is 7.05 Å². The van der Waals surface area contributed by atoms with Gasteiger partial charge in [0.2, 0.25) is 0 Å². The van der Waals surface area contributed by atoms with E-state index in [9.17, 15) is 5.11 Å². The Labute approximate surface area is 152 Å². The summed E-state index contributed by atoms with van der Waals surface area (Å²) in [6.07, 6.45) is 5.32. The third-order valence-corrected chi connectivity index (χ3v) is 5.15. The van der Waals surface area contributed by atoms with Crippen LogP contribution in [0.3, 0.4) is 0 Å². The van der Waals surface area contributed by atoms with Crippen LogP contribution in [0.4, 0.5) is 0 Å². The zero-order chi connectivity index (χ0) is 17.6. The number of benzene rings is 1. The molecule has 0 amide bonds. The van der Waals surface area contributed by atoms with Crippen LogP contribution in [0.5, 0.6) is 0 Å². The van der Waals surface area contributed by atoms with E-state index in [2.05, 4.69) is 34.6 Å². The highest BCUT2D eigenvalue weighted by molar-refractivity contribution is 6.31. The van der Waals surface area contributed by atoms with Gasteiger partial charge in [0.15, 0.2) is 0 Å². The molecule has 1 aromatic carbocycles. The largest absolute Gasteiger partial charge is 0.508 e. The third-order valence-electron chi connectivity index (χ3n) is 4.92. The van der Waals surface area contributed by atoms with Gasteiger partial charge in [-0.1, -0.05) is 11.6 Å². The summed E-state index contributed by atoms with van der Waals surface area (Å²) in [4.78, 5) is 6.37. The molecule has 1 aliphatic rings. The van der Waals surface area contributed by atoms with E-state index in [1.165, 1.54) is 22.2 Å². The van der Waals surface area contributed by atoms with Crippen LogP contribution in [0.25, 0.3) is 16.7 Å². The highest BCUT2D eigenvalue weighted by Gasteiger charge is 2.28. The number of aryl methyl sites for hydroxylation is 1. The molecule has 3 heterocycles. The predicted molar refractivity (Wildman–Crippen MR) is 102 cm³/mol. The molecule has 0 radical (unpaired) electrons. The first kappa shape index (κ1) is 16.2. The summed E-state index contributed by atoms with van der Waals surface area (Å²) in [7, 11) is 4.19. The number of aliphatic hydroxyl groups excluding tert-OH is 1. The molecule has 5 heteroatoms. The summed E-state index contributed by atoms with van der Waals surface area (Å²) in [5, 5.41) is 12.5. The first-order valence-corrected chi connectivity index (χ1v) is 8.69. The summed E-state index contributed by atoms with van der Waals surface area (Å²) in [5.41, 5.74) is 4.43. The van der Waals surface area contributed by atoms with E-state index in [0.29, 0.717) is 0 Å².